The minimum absolute atomic E-state index is 0.0316. The Morgan fingerprint density at radius 2 is 1.47 bits per heavy atom. The van der Waals surface area contributed by atoms with Gasteiger partial charge in [-0.25, -0.2) is 9.59 Å². The van der Waals surface area contributed by atoms with E-state index in [4.69, 9.17) is 41.0 Å². The number of esters is 1. The Kier molecular flexibility index (Phi) is 37.7. The topological polar surface area (TPSA) is 501 Å². The predicted molar refractivity (Wildman–Crippen MR) is 491 cm³/mol. The summed E-state index contributed by atoms with van der Waals surface area (Å²) >= 11 is 7.88. The molecule has 1 aliphatic carbocycles. The van der Waals surface area contributed by atoms with Crippen molar-refractivity contribution in [2.75, 3.05) is 70.2 Å². The summed E-state index contributed by atoms with van der Waals surface area (Å²) in [6.07, 6.45) is -4.69. The third-order valence-corrected chi connectivity index (χ3v) is 29.1. The molecule has 4 aromatic carbocycles. The highest BCUT2D eigenvalue weighted by atomic mass is 35.5. The van der Waals surface area contributed by atoms with Crippen LogP contribution in [0, 0.1) is 17.8 Å². The van der Waals surface area contributed by atoms with Crippen LogP contribution in [-0.2, 0) is 107 Å². The molecule has 12 amide bonds. The van der Waals surface area contributed by atoms with E-state index in [0.29, 0.717) is 73.1 Å². The maximum Gasteiger partial charge on any atom is 0.409 e. The molecule has 5 heterocycles. The number of nitrogens with two attached hydrogens (primary N) is 1. The molecule has 20 atom stereocenters. The molecular weight excluding hydrogens is 1770 g/mol. The molecular formula is C92H123ClN12O23S3. The number of fused-ring (bicyclic) bond motifs is 6. The Morgan fingerprint density at radius 3 is 2.15 bits per heavy atom. The average Bonchev–Trinajstić information content (AvgIpc) is 1.53. The van der Waals surface area contributed by atoms with Crippen molar-refractivity contribution in [2.24, 2.45) is 23.5 Å². The summed E-state index contributed by atoms with van der Waals surface area (Å²) in [6.45, 7) is 8.00. The summed E-state index contributed by atoms with van der Waals surface area (Å²) in [4.78, 5) is 207. The molecule has 714 valence electrons. The molecule has 0 aromatic heterocycles. The third-order valence-electron chi connectivity index (χ3n) is 25.1. The number of unbranched alkanes of at least 4 members (excludes halogenated alkanes) is 1. The number of Topliss-reactive ketones (excluding diaryl/α,β-unsaturated/α-hetero) is 1. The van der Waals surface area contributed by atoms with E-state index < -0.39 is 229 Å². The van der Waals surface area contributed by atoms with Crippen molar-refractivity contribution < 1.29 is 111 Å². The number of methoxy groups -OCH3 is 2. The van der Waals surface area contributed by atoms with Crippen LogP contribution in [0.2, 0.25) is 5.02 Å². The number of aliphatic hydroxyl groups is 4. The predicted octanol–water partition coefficient (Wildman–Crippen LogP) is 3.83. The fraction of sp³-hybridized carbons (Fsp3) is 0.565. The number of anilines is 1. The molecule has 39 heteroatoms. The van der Waals surface area contributed by atoms with Crippen LogP contribution < -0.4 is 57.9 Å². The van der Waals surface area contributed by atoms with Gasteiger partial charge in [0.25, 0.3) is 0 Å². The summed E-state index contributed by atoms with van der Waals surface area (Å²) < 4.78 is 29.9. The standard InChI is InChI=1S/C92H123ClN12O23S3/c1-50-22-21-30-73(125-10)92(123)45-71(126-90(122)102-92)51(2)81-91(6,128-81)74(44-77(112)104(8)68-39-57(36-50)40-70(124-9)79(68)93)127-89(121)52(3)103(7)76(111)33-35-129-72-43-78(113)105(88(72)120)46-75(110)95-63(38-56-25-15-12-16-26-56)84(116)99-66-48-130-131-49-67(86(118)98-65(47-106)53(4)107)100-87(119)80(54(5)108)101-83(115)62(29-19-20-34-94)96-85(117)64(41-59-32-31-58-27-17-18-28-61(58)59)97-82(114)60(42-69(66)109)37-55-23-13-11-14-24-55/h11-18,23-28,32,39-40,50-54,60,62-67,71-74,80-81,106-108,123H,19-22,29-31,33-38,41-49,94H2,1-10H3,(H,95,110)(H,96,117)(H,97,114)(H,98,118)(H,99,116)(H,100,119)(H,101,115)(H,102,122)/t50?,51-,52+,53-,54-,60-,62+,63-,64-,65-,66+,67+,71+,72?,73-,74+,80+,81+,91+,92+/m1/s1. The van der Waals surface area contributed by atoms with Crippen molar-refractivity contribution in [3.05, 3.63) is 136 Å². The number of rotatable bonds is 29. The number of thioether (sulfide) groups is 1. The number of alkyl carbamates (subject to hydrolysis) is 1. The van der Waals surface area contributed by atoms with Crippen LogP contribution in [0.15, 0.2) is 103 Å². The number of imide groups is 1. The highest BCUT2D eigenvalue weighted by Gasteiger charge is 2.65. The van der Waals surface area contributed by atoms with Gasteiger partial charge in [-0.2, -0.15) is 0 Å². The number of likely N-dealkylation sites (tertiary alicyclic amines) is 1. The quantitative estimate of drug-likeness (QED) is 0.0121. The van der Waals surface area contributed by atoms with Gasteiger partial charge in [0.05, 0.1) is 61.5 Å². The first-order valence-corrected chi connectivity index (χ1v) is 48.2. The fourth-order valence-electron chi connectivity index (χ4n) is 17.0. The summed E-state index contributed by atoms with van der Waals surface area (Å²) in [5.74, 6) is -13.0. The maximum absolute atomic E-state index is 15.5. The van der Waals surface area contributed by atoms with E-state index in [1.165, 1.54) is 54.0 Å². The molecule has 6 aliphatic rings. The number of hydrogen-bond acceptors (Lipinski definition) is 27. The SMILES string of the molecule is COc1cc2cc(c1Cl)N(C)C(=O)C[C@H](OC(=O)[C@H](C)N(C)C(=O)CCSC1CC(=O)N(CC(=O)N[C@H](Cc3ccccc3)C(=O)N[C@H]3CSSC[C@@H](C(=O)N[C@H](CO)[C@@H](C)O)NC(=O)[C@H]([C@@H](C)O)NC(=O)[C@H](CCCCN)NC(=O)[C@@H](CC4=CCc5ccccc54)NC(=O)[C@H](Cc4ccccc4)CC3=O)C1=O)[C@]1(C)O[C@H]1[C@H](C)[C@@H]1C[C@@](O)(NC(=O)O1)[C@H](OC)CCCC(C)C2. The van der Waals surface area contributed by atoms with Crippen molar-refractivity contribution in [1.29, 1.82) is 0 Å². The maximum atomic E-state index is 15.5. The number of hydrogen-bond donors (Lipinski definition) is 13. The highest BCUT2D eigenvalue weighted by Crippen LogP contribution is 2.50. The number of epoxide rings is 1. The summed E-state index contributed by atoms with van der Waals surface area (Å²) in [5.41, 5.74) is 7.33. The van der Waals surface area contributed by atoms with E-state index in [2.05, 4.69) is 49.5 Å². The Morgan fingerprint density at radius 1 is 0.786 bits per heavy atom. The van der Waals surface area contributed by atoms with Gasteiger partial charge in [-0.3, -0.25) is 67.8 Å². The minimum Gasteiger partial charge on any atom is -0.495 e. The molecule has 4 fully saturated rings. The number of carbonyl (C=O) groups excluding carboxylic acids is 14. The molecule has 14 N–H and O–H groups in total. The number of benzene rings is 4. The van der Waals surface area contributed by atoms with E-state index in [-0.39, 0.29) is 73.3 Å². The summed E-state index contributed by atoms with van der Waals surface area (Å²) in [6, 6.07) is 16.4. The second-order valence-electron chi connectivity index (χ2n) is 34.8. The molecule has 131 heavy (non-hydrogen) atoms. The number of carbonyl (C=O) groups is 14. The van der Waals surface area contributed by atoms with Gasteiger partial charge in [-0.05, 0) is 131 Å². The number of nitrogens with zero attached hydrogens (tertiary/aromatic N) is 3. The van der Waals surface area contributed by atoms with Crippen LogP contribution in [0.1, 0.15) is 146 Å². The number of aliphatic hydroxyl groups excluding tert-OH is 3. The van der Waals surface area contributed by atoms with Crippen molar-refractivity contribution in [1.82, 2.24) is 52.3 Å². The van der Waals surface area contributed by atoms with Crippen LogP contribution in [0.4, 0.5) is 10.5 Å². The van der Waals surface area contributed by atoms with Gasteiger partial charge in [0.1, 0.15) is 77.5 Å². The van der Waals surface area contributed by atoms with Gasteiger partial charge in [-0.15, -0.1) is 11.8 Å². The van der Waals surface area contributed by atoms with Gasteiger partial charge in [0.15, 0.2) is 11.5 Å². The summed E-state index contributed by atoms with van der Waals surface area (Å²) in [7, 11) is 7.66. The van der Waals surface area contributed by atoms with Crippen molar-refractivity contribution >= 4 is 139 Å². The Balaban J connectivity index is 0.850. The molecule has 10 rings (SSSR count). The number of halogens is 1. The smallest absolute Gasteiger partial charge is 0.409 e. The molecule has 4 aromatic rings. The van der Waals surface area contributed by atoms with Gasteiger partial charge in [0, 0.05) is 88.8 Å². The van der Waals surface area contributed by atoms with Crippen LogP contribution >= 0.6 is 45.0 Å². The van der Waals surface area contributed by atoms with Crippen molar-refractivity contribution in [2.45, 2.75) is 246 Å². The van der Waals surface area contributed by atoms with E-state index in [9.17, 15) is 68.4 Å². The number of ketones is 1. The van der Waals surface area contributed by atoms with Crippen LogP contribution in [0.25, 0.3) is 5.57 Å². The van der Waals surface area contributed by atoms with E-state index >= 15 is 19.2 Å². The lowest BCUT2D eigenvalue weighted by Gasteiger charge is -2.43. The van der Waals surface area contributed by atoms with Crippen molar-refractivity contribution in [3.8, 4) is 5.75 Å². The van der Waals surface area contributed by atoms with Gasteiger partial charge < -0.3 is 96.9 Å². The molecule has 0 saturated carbocycles. The molecule has 4 bridgehead atoms. The zero-order valence-corrected chi connectivity index (χ0v) is 78.5. The number of nitrogens with one attached hydrogen (secondary N) is 8. The van der Waals surface area contributed by atoms with Crippen LogP contribution in [-0.4, -0.2) is 280 Å². The molecule has 5 aliphatic heterocycles. The lowest BCUT2D eigenvalue weighted by Crippen LogP contribution is -2.64. The average molecular weight is 1900 g/mol. The van der Waals surface area contributed by atoms with E-state index in [1.807, 2.05) is 30.3 Å². The molecule has 2 unspecified atom stereocenters. The lowest BCUT2D eigenvalue weighted by molar-refractivity contribution is -0.162. The van der Waals surface area contributed by atoms with Crippen LogP contribution in [0.3, 0.4) is 0 Å². The molecule has 4 saturated heterocycles. The van der Waals surface area contributed by atoms with E-state index in [0.717, 1.165) is 59.8 Å². The van der Waals surface area contributed by atoms with Crippen LogP contribution in [0.5, 0.6) is 5.75 Å². The largest absolute Gasteiger partial charge is 0.495 e. The van der Waals surface area contributed by atoms with Gasteiger partial charge in [0.2, 0.25) is 65.0 Å². The minimum atomic E-state index is -1.85. The molecule has 35 nitrogen and oxygen atoms in total. The zero-order valence-electron chi connectivity index (χ0n) is 75.3. The molecule has 0 radical (unpaired) electrons. The second kappa shape index (κ2) is 47.8. The Labute approximate surface area is 779 Å². The highest BCUT2D eigenvalue weighted by molar-refractivity contribution is 8.76. The van der Waals surface area contributed by atoms with Crippen molar-refractivity contribution in [3.63, 3.8) is 0 Å². The van der Waals surface area contributed by atoms with Gasteiger partial charge >= 0.3 is 12.1 Å². The first kappa shape index (κ1) is 103. The Bertz CT molecular complexity index is 4790. The number of allylic oxidation sites excluding steroid dienone is 1. The fourth-order valence-corrected chi connectivity index (χ4v) is 20.7. The second-order valence-corrected chi connectivity index (χ2v) is 39.0. The normalized spacial score (nSPS) is 27.4. The Hall–Kier alpha value is -9.74. The lowest BCUT2D eigenvalue weighted by atomic mass is 9.83. The van der Waals surface area contributed by atoms with E-state index in [1.54, 1.807) is 86.6 Å². The monoisotopic (exact) mass is 1890 g/mol. The van der Waals surface area contributed by atoms with Gasteiger partial charge in [-0.1, -0.05) is 151 Å². The number of amides is 12. The number of likely N-dealkylation sites (N-methyl/N-ethyl adjacent to an activating group) is 1. The summed E-state index contributed by atoms with van der Waals surface area (Å²) in [5, 5.41) is 64.4. The third kappa shape index (κ3) is 27.5. The first-order chi connectivity index (χ1) is 62.4. The zero-order chi connectivity index (χ0) is 95.3. The first-order valence-electron chi connectivity index (χ1n) is 44.3. The number of ether oxygens (including phenoxy) is 5. The molecule has 0 spiro atoms.